The lowest BCUT2D eigenvalue weighted by Gasteiger charge is -2.31. The highest BCUT2D eigenvalue weighted by Gasteiger charge is 2.30. The molecular formula is C11H17N5S. The first-order valence-corrected chi connectivity index (χ1v) is 6.94. The number of amidine groups is 1. The van der Waals surface area contributed by atoms with Crippen LogP contribution in [0.25, 0.3) is 0 Å². The summed E-state index contributed by atoms with van der Waals surface area (Å²) in [7, 11) is 0. The lowest BCUT2D eigenvalue weighted by atomic mass is 9.97. The van der Waals surface area contributed by atoms with Crippen LogP contribution in [0.1, 0.15) is 37.4 Å². The van der Waals surface area contributed by atoms with Gasteiger partial charge in [0, 0.05) is 36.5 Å². The number of hydrogen-bond acceptors (Lipinski definition) is 5. The van der Waals surface area contributed by atoms with Crippen molar-refractivity contribution in [2.45, 2.75) is 31.6 Å². The minimum Gasteiger partial charge on any atom is -0.387 e. The van der Waals surface area contributed by atoms with Crippen molar-refractivity contribution in [3.63, 3.8) is 0 Å². The van der Waals surface area contributed by atoms with Gasteiger partial charge in [-0.15, -0.1) is 0 Å². The van der Waals surface area contributed by atoms with Crippen LogP contribution in [0.4, 0.5) is 5.13 Å². The molecule has 2 aliphatic rings. The van der Waals surface area contributed by atoms with Gasteiger partial charge in [-0.2, -0.15) is 4.37 Å². The highest BCUT2D eigenvalue weighted by atomic mass is 32.1. The molecule has 0 aromatic carbocycles. The molecule has 0 spiro atoms. The van der Waals surface area contributed by atoms with Gasteiger partial charge in [0.1, 0.15) is 5.82 Å². The van der Waals surface area contributed by atoms with Gasteiger partial charge in [-0.1, -0.05) is 0 Å². The van der Waals surface area contributed by atoms with E-state index in [0.717, 1.165) is 36.9 Å². The number of anilines is 1. The van der Waals surface area contributed by atoms with Gasteiger partial charge in [0.2, 0.25) is 5.13 Å². The Morgan fingerprint density at radius 1 is 1.41 bits per heavy atom. The Morgan fingerprint density at radius 2 is 2.24 bits per heavy atom. The zero-order chi connectivity index (χ0) is 11.8. The fourth-order valence-electron chi connectivity index (χ4n) is 2.27. The van der Waals surface area contributed by atoms with E-state index in [1.807, 2.05) is 0 Å². The molecule has 6 heteroatoms. The summed E-state index contributed by atoms with van der Waals surface area (Å²) in [5.74, 6) is 2.14. The number of nitrogens with zero attached hydrogens (tertiary/aromatic N) is 3. The smallest absolute Gasteiger partial charge is 0.205 e. The van der Waals surface area contributed by atoms with Crippen molar-refractivity contribution >= 4 is 22.5 Å². The Morgan fingerprint density at radius 3 is 2.94 bits per heavy atom. The Balaban J connectivity index is 1.71. The van der Waals surface area contributed by atoms with E-state index < -0.39 is 0 Å². The van der Waals surface area contributed by atoms with Crippen molar-refractivity contribution in [1.29, 1.82) is 5.41 Å². The maximum Gasteiger partial charge on any atom is 0.205 e. The van der Waals surface area contributed by atoms with E-state index in [9.17, 15) is 0 Å². The second-order valence-electron chi connectivity index (χ2n) is 4.95. The molecule has 1 aromatic heterocycles. The average Bonchev–Trinajstić information content (AvgIpc) is 3.07. The van der Waals surface area contributed by atoms with Crippen molar-refractivity contribution in [1.82, 2.24) is 9.36 Å². The van der Waals surface area contributed by atoms with Crippen LogP contribution >= 0.6 is 11.5 Å². The average molecular weight is 251 g/mol. The molecule has 1 aliphatic carbocycles. The number of hydrogen-bond donors (Lipinski definition) is 2. The summed E-state index contributed by atoms with van der Waals surface area (Å²) < 4.78 is 4.43. The molecule has 0 radical (unpaired) electrons. The molecule has 2 heterocycles. The van der Waals surface area contributed by atoms with E-state index in [4.69, 9.17) is 11.1 Å². The third-order valence-corrected chi connectivity index (χ3v) is 4.30. The van der Waals surface area contributed by atoms with Crippen molar-refractivity contribution < 1.29 is 0 Å². The molecule has 0 bridgehead atoms. The Labute approximate surface area is 105 Å². The summed E-state index contributed by atoms with van der Waals surface area (Å²) >= 11 is 1.49. The van der Waals surface area contributed by atoms with E-state index in [-0.39, 0.29) is 5.92 Å². The first-order chi connectivity index (χ1) is 8.24. The monoisotopic (exact) mass is 251 g/mol. The number of aromatic nitrogens is 2. The van der Waals surface area contributed by atoms with Crippen LogP contribution in [-0.2, 0) is 0 Å². The van der Waals surface area contributed by atoms with Gasteiger partial charge < -0.3 is 10.6 Å². The van der Waals surface area contributed by atoms with Crippen LogP contribution in [0, 0.1) is 11.3 Å². The van der Waals surface area contributed by atoms with Gasteiger partial charge in [-0.05, 0) is 25.7 Å². The molecule has 17 heavy (non-hydrogen) atoms. The highest BCUT2D eigenvalue weighted by molar-refractivity contribution is 7.09. The number of nitrogens with one attached hydrogen (secondary N) is 1. The lowest BCUT2D eigenvalue weighted by molar-refractivity contribution is 0.502. The van der Waals surface area contributed by atoms with Gasteiger partial charge >= 0.3 is 0 Å². The quantitative estimate of drug-likeness (QED) is 0.631. The van der Waals surface area contributed by atoms with Crippen LogP contribution in [0.2, 0.25) is 0 Å². The van der Waals surface area contributed by atoms with Gasteiger partial charge in [0.15, 0.2) is 0 Å². The second kappa shape index (κ2) is 4.25. The molecular weight excluding hydrogens is 234 g/mol. The largest absolute Gasteiger partial charge is 0.387 e. The Hall–Kier alpha value is -1.17. The molecule has 92 valence electrons. The molecule has 2 fully saturated rings. The zero-order valence-corrected chi connectivity index (χ0v) is 10.5. The zero-order valence-electron chi connectivity index (χ0n) is 9.72. The van der Waals surface area contributed by atoms with E-state index >= 15 is 0 Å². The van der Waals surface area contributed by atoms with Crippen LogP contribution < -0.4 is 10.6 Å². The summed E-state index contributed by atoms with van der Waals surface area (Å²) in [6.07, 6.45) is 4.60. The molecule has 1 aromatic rings. The summed E-state index contributed by atoms with van der Waals surface area (Å²) in [5, 5.41) is 8.56. The minimum atomic E-state index is 0.192. The minimum absolute atomic E-state index is 0.192. The topological polar surface area (TPSA) is 78.9 Å². The first kappa shape index (κ1) is 11.0. The summed E-state index contributed by atoms with van der Waals surface area (Å²) in [6.45, 7) is 1.84. The second-order valence-corrected chi connectivity index (χ2v) is 5.68. The predicted molar refractivity (Wildman–Crippen MR) is 68.7 cm³/mol. The maximum absolute atomic E-state index is 7.54. The van der Waals surface area contributed by atoms with Gasteiger partial charge in [0.25, 0.3) is 0 Å². The van der Waals surface area contributed by atoms with E-state index in [0.29, 0.717) is 11.8 Å². The van der Waals surface area contributed by atoms with Gasteiger partial charge in [-0.3, -0.25) is 5.41 Å². The fraction of sp³-hybridized carbons (Fsp3) is 0.727. The SMILES string of the molecule is N=C(N)C1CCCN(c2nc(C3CC3)ns2)C1. The van der Waals surface area contributed by atoms with Crippen LogP contribution in [0.5, 0.6) is 0 Å². The summed E-state index contributed by atoms with van der Waals surface area (Å²) in [6, 6.07) is 0. The van der Waals surface area contributed by atoms with Gasteiger partial charge in [0.05, 0.1) is 5.84 Å². The molecule has 1 aliphatic heterocycles. The van der Waals surface area contributed by atoms with Crippen molar-refractivity contribution in [3.05, 3.63) is 5.82 Å². The number of piperidine rings is 1. The van der Waals surface area contributed by atoms with Crippen LogP contribution in [-0.4, -0.2) is 28.3 Å². The third-order valence-electron chi connectivity index (χ3n) is 3.51. The predicted octanol–water partition coefficient (Wildman–Crippen LogP) is 1.57. The molecule has 0 amide bonds. The Kier molecular flexibility index (Phi) is 2.74. The molecule has 1 atom stereocenters. The first-order valence-electron chi connectivity index (χ1n) is 6.16. The number of rotatable bonds is 3. The van der Waals surface area contributed by atoms with Gasteiger partial charge in [-0.25, -0.2) is 4.98 Å². The molecule has 1 saturated carbocycles. The summed E-state index contributed by atoms with van der Waals surface area (Å²) in [4.78, 5) is 6.85. The standard InChI is InChI=1S/C11H17N5S/c12-9(13)8-2-1-5-16(6-8)11-14-10(15-17-11)7-3-4-7/h7-8H,1-6H2,(H3,12,13). The highest BCUT2D eigenvalue weighted by Crippen LogP contribution is 2.40. The van der Waals surface area contributed by atoms with E-state index in [1.54, 1.807) is 0 Å². The third kappa shape index (κ3) is 2.26. The summed E-state index contributed by atoms with van der Waals surface area (Å²) in [5.41, 5.74) is 5.59. The van der Waals surface area contributed by atoms with Crippen LogP contribution in [0.3, 0.4) is 0 Å². The molecule has 1 saturated heterocycles. The fourth-order valence-corrected chi connectivity index (χ4v) is 3.05. The van der Waals surface area contributed by atoms with Crippen LogP contribution in [0.15, 0.2) is 0 Å². The lowest BCUT2D eigenvalue weighted by Crippen LogP contribution is -2.40. The molecule has 3 N–H and O–H groups in total. The van der Waals surface area contributed by atoms with E-state index in [2.05, 4.69) is 14.3 Å². The maximum atomic E-state index is 7.54. The number of nitrogens with two attached hydrogens (primary N) is 1. The van der Waals surface area contributed by atoms with Crippen molar-refractivity contribution in [2.24, 2.45) is 11.7 Å². The van der Waals surface area contributed by atoms with Crippen molar-refractivity contribution in [3.8, 4) is 0 Å². The Bertz CT molecular complexity index is 425. The van der Waals surface area contributed by atoms with E-state index in [1.165, 1.54) is 24.4 Å². The molecule has 3 rings (SSSR count). The van der Waals surface area contributed by atoms with Crippen molar-refractivity contribution in [2.75, 3.05) is 18.0 Å². The molecule has 1 unspecified atom stereocenters. The molecule has 5 nitrogen and oxygen atoms in total. The normalized spacial score (nSPS) is 24.9.